The highest BCUT2D eigenvalue weighted by atomic mass is 35.5. The highest BCUT2D eigenvalue weighted by Crippen LogP contribution is 2.19. The Labute approximate surface area is 159 Å². The number of benzene rings is 2. The van der Waals surface area contributed by atoms with Crippen molar-refractivity contribution >= 4 is 34.2 Å². The maximum atomic E-state index is 12.4. The lowest BCUT2D eigenvalue weighted by molar-refractivity contribution is -0.117. The van der Waals surface area contributed by atoms with E-state index in [9.17, 15) is 9.59 Å². The molecule has 0 radical (unpaired) electrons. The van der Waals surface area contributed by atoms with E-state index >= 15 is 0 Å². The quantitative estimate of drug-likeness (QED) is 0.412. The van der Waals surface area contributed by atoms with E-state index in [2.05, 4.69) is 20.6 Å². The van der Waals surface area contributed by atoms with Gasteiger partial charge in [-0.15, -0.1) is 5.10 Å². The summed E-state index contributed by atoms with van der Waals surface area (Å²) in [6.07, 6.45) is 3.19. The molecule has 2 N–H and O–H groups in total. The van der Waals surface area contributed by atoms with E-state index in [1.165, 1.54) is 4.68 Å². The number of H-pyrrole nitrogens is 1. The normalized spacial score (nSPS) is 10.9. The molecule has 134 valence electrons. The van der Waals surface area contributed by atoms with Gasteiger partial charge in [-0.2, -0.15) is 0 Å². The number of para-hydroxylation sites is 2. The smallest absolute Gasteiger partial charge is 0.292 e. The number of carbonyl (C=O) groups is 2. The fourth-order valence-corrected chi connectivity index (χ4v) is 2.99. The summed E-state index contributed by atoms with van der Waals surface area (Å²) in [5.74, 6) is -1.31. The second-order valence-electron chi connectivity index (χ2n) is 5.87. The second-order valence-corrected chi connectivity index (χ2v) is 6.27. The Balaban J connectivity index is 1.45. The van der Waals surface area contributed by atoms with Crippen molar-refractivity contribution in [3.63, 3.8) is 0 Å². The van der Waals surface area contributed by atoms with E-state index < -0.39 is 11.7 Å². The van der Waals surface area contributed by atoms with Gasteiger partial charge in [0.2, 0.25) is 0 Å². The summed E-state index contributed by atoms with van der Waals surface area (Å²) < 4.78 is 1.52. The van der Waals surface area contributed by atoms with E-state index in [0.29, 0.717) is 27.4 Å². The number of rotatable bonds is 5. The van der Waals surface area contributed by atoms with Crippen LogP contribution in [0.5, 0.6) is 0 Å². The molecule has 7 nitrogen and oxygen atoms in total. The largest absolute Gasteiger partial charge is 0.360 e. The van der Waals surface area contributed by atoms with Crippen LogP contribution in [-0.4, -0.2) is 31.7 Å². The first kappa shape index (κ1) is 17.0. The molecule has 2 heterocycles. The molecule has 0 atom stereocenters. The maximum Gasteiger partial charge on any atom is 0.292 e. The molecule has 4 aromatic rings. The summed E-state index contributed by atoms with van der Waals surface area (Å²) >= 11 is 6.14. The molecule has 0 aliphatic carbocycles. The Morgan fingerprint density at radius 1 is 1.11 bits per heavy atom. The summed E-state index contributed by atoms with van der Waals surface area (Å²) in [6.45, 7) is 0.0807. The van der Waals surface area contributed by atoms with Crippen molar-refractivity contribution in [2.24, 2.45) is 0 Å². The van der Waals surface area contributed by atoms with E-state index in [4.69, 9.17) is 11.6 Å². The fourth-order valence-electron chi connectivity index (χ4n) is 2.77. The van der Waals surface area contributed by atoms with Crippen molar-refractivity contribution in [2.75, 3.05) is 0 Å². The van der Waals surface area contributed by atoms with Crippen LogP contribution in [0.25, 0.3) is 16.6 Å². The SMILES string of the molecule is O=C(NCc1cn(-c2ccccc2Cl)nn1)C(=O)c1c[nH]c2ccccc12. The first-order valence-corrected chi connectivity index (χ1v) is 8.56. The van der Waals surface area contributed by atoms with Crippen LogP contribution in [0.1, 0.15) is 16.1 Å². The molecule has 1 amide bonds. The summed E-state index contributed by atoms with van der Waals surface area (Å²) in [5, 5.41) is 11.8. The minimum Gasteiger partial charge on any atom is -0.360 e. The van der Waals surface area contributed by atoms with Gasteiger partial charge in [-0.3, -0.25) is 9.59 Å². The third kappa shape index (κ3) is 3.32. The summed E-state index contributed by atoms with van der Waals surface area (Å²) in [5.41, 5.74) is 2.33. The zero-order valence-corrected chi connectivity index (χ0v) is 14.8. The number of ketones is 1. The van der Waals surface area contributed by atoms with Gasteiger partial charge in [0.15, 0.2) is 0 Å². The summed E-state index contributed by atoms with van der Waals surface area (Å²) in [4.78, 5) is 27.6. The first-order chi connectivity index (χ1) is 13.1. The standard InChI is InChI=1S/C19H14ClN5O2/c20-15-6-2-4-8-17(15)25-11-12(23-24-25)9-22-19(27)18(26)14-10-21-16-7-3-1-5-13(14)16/h1-8,10-11,21H,9H2,(H,22,27). The Bertz CT molecular complexity index is 1150. The molecular weight excluding hydrogens is 366 g/mol. The number of aromatic nitrogens is 4. The molecule has 0 saturated carbocycles. The van der Waals surface area contributed by atoms with Gasteiger partial charge < -0.3 is 10.3 Å². The molecule has 0 fully saturated rings. The number of nitrogens with zero attached hydrogens (tertiary/aromatic N) is 3. The Morgan fingerprint density at radius 2 is 1.89 bits per heavy atom. The molecule has 27 heavy (non-hydrogen) atoms. The average Bonchev–Trinajstić information content (AvgIpc) is 3.33. The van der Waals surface area contributed by atoms with Crippen LogP contribution in [0, 0.1) is 0 Å². The van der Waals surface area contributed by atoms with Gasteiger partial charge in [0.25, 0.3) is 11.7 Å². The van der Waals surface area contributed by atoms with Gasteiger partial charge in [-0.25, -0.2) is 4.68 Å². The monoisotopic (exact) mass is 379 g/mol. The molecule has 8 heteroatoms. The summed E-state index contributed by atoms with van der Waals surface area (Å²) in [7, 11) is 0. The number of hydrogen-bond donors (Lipinski definition) is 2. The number of amides is 1. The molecule has 0 aliphatic rings. The van der Waals surface area contributed by atoms with Crippen LogP contribution < -0.4 is 5.32 Å². The van der Waals surface area contributed by atoms with E-state index in [1.807, 2.05) is 30.3 Å². The Morgan fingerprint density at radius 3 is 2.74 bits per heavy atom. The molecule has 0 unspecified atom stereocenters. The molecule has 0 saturated heterocycles. The number of nitrogens with one attached hydrogen (secondary N) is 2. The summed E-state index contributed by atoms with van der Waals surface area (Å²) in [6, 6.07) is 14.5. The lowest BCUT2D eigenvalue weighted by Crippen LogP contribution is -2.30. The number of hydrogen-bond acceptors (Lipinski definition) is 4. The second kappa shape index (κ2) is 7.05. The number of aromatic amines is 1. The zero-order valence-electron chi connectivity index (χ0n) is 14.0. The van der Waals surface area contributed by atoms with Gasteiger partial charge in [0, 0.05) is 17.1 Å². The van der Waals surface area contributed by atoms with Crippen molar-refractivity contribution in [1.29, 1.82) is 0 Å². The predicted octanol–water partition coefficient (Wildman–Crippen LogP) is 2.90. The highest BCUT2D eigenvalue weighted by molar-refractivity contribution is 6.44. The van der Waals surface area contributed by atoms with Gasteiger partial charge in [0.05, 0.1) is 29.0 Å². The maximum absolute atomic E-state index is 12.4. The van der Waals surface area contributed by atoms with Crippen LogP contribution >= 0.6 is 11.6 Å². The minimum absolute atomic E-state index is 0.0807. The van der Waals surface area contributed by atoms with Gasteiger partial charge in [0.1, 0.15) is 5.69 Å². The average molecular weight is 380 g/mol. The van der Waals surface area contributed by atoms with Crippen molar-refractivity contribution in [2.45, 2.75) is 6.54 Å². The van der Waals surface area contributed by atoms with Crippen LogP contribution in [0.2, 0.25) is 5.02 Å². The van der Waals surface area contributed by atoms with Crippen molar-refractivity contribution in [1.82, 2.24) is 25.3 Å². The number of carbonyl (C=O) groups excluding carboxylic acids is 2. The minimum atomic E-state index is -0.702. The lowest BCUT2D eigenvalue weighted by Gasteiger charge is -2.02. The molecule has 0 aliphatic heterocycles. The van der Waals surface area contributed by atoms with Gasteiger partial charge >= 0.3 is 0 Å². The van der Waals surface area contributed by atoms with Crippen LogP contribution in [0.15, 0.2) is 60.9 Å². The lowest BCUT2D eigenvalue weighted by atomic mass is 10.1. The first-order valence-electron chi connectivity index (χ1n) is 8.18. The van der Waals surface area contributed by atoms with E-state index in [0.717, 1.165) is 5.52 Å². The van der Waals surface area contributed by atoms with Crippen LogP contribution in [0.3, 0.4) is 0 Å². The van der Waals surface area contributed by atoms with E-state index in [1.54, 1.807) is 30.6 Å². The van der Waals surface area contributed by atoms with Crippen LogP contribution in [0.4, 0.5) is 0 Å². The third-order valence-electron chi connectivity index (χ3n) is 4.11. The Hall–Kier alpha value is -3.45. The van der Waals surface area contributed by atoms with Crippen LogP contribution in [-0.2, 0) is 11.3 Å². The number of fused-ring (bicyclic) bond motifs is 1. The third-order valence-corrected chi connectivity index (χ3v) is 4.43. The molecule has 0 spiro atoms. The number of halogens is 1. The predicted molar refractivity (Wildman–Crippen MR) is 101 cm³/mol. The van der Waals surface area contributed by atoms with Crippen molar-refractivity contribution < 1.29 is 9.59 Å². The number of Topliss-reactive ketones (excluding diaryl/α,β-unsaturated/α-hetero) is 1. The molecular formula is C19H14ClN5O2. The Kier molecular flexibility index (Phi) is 4.43. The van der Waals surface area contributed by atoms with Crippen molar-refractivity contribution in [3.8, 4) is 5.69 Å². The van der Waals surface area contributed by atoms with Crippen molar-refractivity contribution in [3.05, 3.63) is 77.2 Å². The van der Waals surface area contributed by atoms with E-state index in [-0.39, 0.29) is 6.54 Å². The molecule has 2 aromatic heterocycles. The van der Waals surface area contributed by atoms with Gasteiger partial charge in [-0.05, 0) is 18.2 Å². The molecule has 2 aromatic carbocycles. The highest BCUT2D eigenvalue weighted by Gasteiger charge is 2.20. The topological polar surface area (TPSA) is 92.7 Å². The zero-order chi connectivity index (χ0) is 18.8. The van der Waals surface area contributed by atoms with Gasteiger partial charge in [-0.1, -0.05) is 47.1 Å². The molecule has 0 bridgehead atoms. The fraction of sp³-hybridized carbons (Fsp3) is 0.0526. The molecule has 4 rings (SSSR count).